The molecule has 0 saturated heterocycles. The number of allylic oxidation sites excluding steroid dienone is 10. The van der Waals surface area contributed by atoms with E-state index in [4.69, 9.17) is 14.2 Å². The van der Waals surface area contributed by atoms with Crippen molar-refractivity contribution in [3.05, 3.63) is 60.8 Å². The van der Waals surface area contributed by atoms with Gasteiger partial charge in [0.15, 0.2) is 6.10 Å². The van der Waals surface area contributed by atoms with Gasteiger partial charge in [0.2, 0.25) is 0 Å². The van der Waals surface area contributed by atoms with Gasteiger partial charge in [-0.1, -0.05) is 370 Å². The number of hydrogen-bond acceptors (Lipinski definition) is 6. The molecule has 0 N–H and O–H groups in total. The number of esters is 3. The predicted octanol–water partition coefficient (Wildman–Crippen LogP) is 25.5. The topological polar surface area (TPSA) is 78.9 Å². The lowest BCUT2D eigenvalue weighted by Gasteiger charge is -2.18. The Bertz CT molecular complexity index is 1470. The minimum absolute atomic E-state index is 0.0827. The molecule has 0 aliphatic carbocycles. The fraction of sp³-hybridized carbons (Fsp3) is 0.831. The summed E-state index contributed by atoms with van der Waals surface area (Å²) >= 11 is 0. The Labute approximate surface area is 517 Å². The van der Waals surface area contributed by atoms with Crippen molar-refractivity contribution < 1.29 is 28.6 Å². The first-order valence-electron chi connectivity index (χ1n) is 36.8. The largest absolute Gasteiger partial charge is 0.462 e. The number of unbranched alkanes of at least 4 members (excludes halogenated alkanes) is 47. The average Bonchev–Trinajstić information content (AvgIpc) is 3.50. The lowest BCUT2D eigenvalue weighted by Crippen LogP contribution is -2.30. The molecule has 1 atom stereocenters. The van der Waals surface area contributed by atoms with Crippen LogP contribution in [0.1, 0.15) is 393 Å². The predicted molar refractivity (Wildman–Crippen MR) is 362 cm³/mol. The van der Waals surface area contributed by atoms with E-state index in [0.29, 0.717) is 19.3 Å². The zero-order chi connectivity index (χ0) is 59.9. The maximum absolute atomic E-state index is 13.0. The van der Waals surface area contributed by atoms with Crippen LogP contribution in [0.15, 0.2) is 60.8 Å². The normalized spacial score (nSPS) is 12.4. The monoisotopic (exact) mass is 1160 g/mol. The van der Waals surface area contributed by atoms with E-state index in [-0.39, 0.29) is 31.1 Å². The Balaban J connectivity index is 4.30. The molecule has 0 aromatic carbocycles. The summed E-state index contributed by atoms with van der Waals surface area (Å²) in [6, 6.07) is 0. The molecule has 1 unspecified atom stereocenters. The van der Waals surface area contributed by atoms with Gasteiger partial charge in [-0.2, -0.15) is 0 Å². The number of carbonyl (C=O) groups excluding carboxylic acids is 3. The lowest BCUT2D eigenvalue weighted by atomic mass is 10.0. The molecule has 0 heterocycles. The number of hydrogen-bond donors (Lipinski definition) is 0. The van der Waals surface area contributed by atoms with Crippen molar-refractivity contribution in [2.24, 2.45) is 0 Å². The highest BCUT2D eigenvalue weighted by molar-refractivity contribution is 5.71. The molecular weight excluding hydrogens is 1020 g/mol. The van der Waals surface area contributed by atoms with Gasteiger partial charge in [-0.3, -0.25) is 14.4 Å². The summed E-state index contributed by atoms with van der Waals surface area (Å²) in [5.41, 5.74) is 0. The van der Waals surface area contributed by atoms with Crippen LogP contribution in [0.2, 0.25) is 0 Å². The molecule has 6 heteroatoms. The van der Waals surface area contributed by atoms with Crippen LogP contribution < -0.4 is 0 Å². The molecule has 0 radical (unpaired) electrons. The first kappa shape index (κ1) is 80.1. The second-order valence-electron chi connectivity index (χ2n) is 24.8. The zero-order valence-corrected chi connectivity index (χ0v) is 55.7. The molecule has 484 valence electrons. The maximum Gasteiger partial charge on any atom is 0.306 e. The summed E-state index contributed by atoms with van der Waals surface area (Å²) in [7, 11) is 0. The highest BCUT2D eigenvalue weighted by Crippen LogP contribution is 2.19. The van der Waals surface area contributed by atoms with Gasteiger partial charge in [-0.25, -0.2) is 0 Å². The molecular formula is C77H140O6. The molecule has 83 heavy (non-hydrogen) atoms. The van der Waals surface area contributed by atoms with Crippen LogP contribution in [0.5, 0.6) is 0 Å². The second kappa shape index (κ2) is 71.6. The molecule has 0 fully saturated rings. The summed E-state index contributed by atoms with van der Waals surface area (Å²) < 4.78 is 17.0. The van der Waals surface area contributed by atoms with Gasteiger partial charge in [0, 0.05) is 19.3 Å². The molecule has 0 aromatic rings. The highest BCUT2D eigenvalue weighted by atomic mass is 16.6. The SMILES string of the molecule is CC/C=C\C/C=C\C/C=C\C/C=C\C/C=C\CCCCCC(=O)OC(COC(=O)CCCCCCCCCCCCCCCCCCCCC)COC(=O)CCCCCCCCCCCCCCCCCCCCCCCCCCCCC. The van der Waals surface area contributed by atoms with Gasteiger partial charge in [0.1, 0.15) is 13.2 Å². The van der Waals surface area contributed by atoms with Crippen molar-refractivity contribution in [2.75, 3.05) is 13.2 Å². The van der Waals surface area contributed by atoms with Crippen LogP contribution in [0.3, 0.4) is 0 Å². The van der Waals surface area contributed by atoms with Gasteiger partial charge < -0.3 is 14.2 Å². The first-order valence-corrected chi connectivity index (χ1v) is 36.8. The third-order valence-electron chi connectivity index (χ3n) is 16.5. The molecule has 0 saturated carbocycles. The van der Waals surface area contributed by atoms with Gasteiger partial charge in [0.25, 0.3) is 0 Å². The van der Waals surface area contributed by atoms with Crippen molar-refractivity contribution in [2.45, 2.75) is 399 Å². The molecule has 0 amide bonds. The van der Waals surface area contributed by atoms with Gasteiger partial charge in [-0.05, 0) is 64.2 Å². The summed E-state index contributed by atoms with van der Waals surface area (Å²) in [5.74, 6) is -0.886. The minimum atomic E-state index is -0.791. The molecule has 0 bridgehead atoms. The van der Waals surface area contributed by atoms with Gasteiger partial charge >= 0.3 is 17.9 Å². The van der Waals surface area contributed by atoms with Crippen molar-refractivity contribution >= 4 is 17.9 Å². The van der Waals surface area contributed by atoms with Crippen LogP contribution in [0.4, 0.5) is 0 Å². The summed E-state index contributed by atoms with van der Waals surface area (Å²) in [5, 5.41) is 0. The molecule has 0 aliphatic heterocycles. The Kier molecular flexibility index (Phi) is 69.1. The highest BCUT2D eigenvalue weighted by Gasteiger charge is 2.19. The van der Waals surface area contributed by atoms with Crippen LogP contribution in [-0.4, -0.2) is 37.2 Å². The third-order valence-corrected chi connectivity index (χ3v) is 16.5. The summed E-state index contributed by atoms with van der Waals surface area (Å²) in [6.07, 6.45) is 92.6. The summed E-state index contributed by atoms with van der Waals surface area (Å²) in [6.45, 7) is 6.58. The first-order chi connectivity index (χ1) is 41.0. The average molecular weight is 1160 g/mol. The van der Waals surface area contributed by atoms with Crippen LogP contribution in [0, 0.1) is 0 Å². The van der Waals surface area contributed by atoms with Crippen LogP contribution in [0.25, 0.3) is 0 Å². The Hall–Kier alpha value is -2.89. The van der Waals surface area contributed by atoms with E-state index < -0.39 is 6.10 Å². The van der Waals surface area contributed by atoms with E-state index in [0.717, 1.165) is 96.3 Å². The maximum atomic E-state index is 13.0. The molecule has 0 aliphatic rings. The van der Waals surface area contributed by atoms with E-state index in [2.05, 4.69) is 81.5 Å². The van der Waals surface area contributed by atoms with E-state index in [1.165, 1.54) is 257 Å². The number of rotatable bonds is 68. The second-order valence-corrected chi connectivity index (χ2v) is 24.8. The minimum Gasteiger partial charge on any atom is -0.462 e. The number of carbonyl (C=O) groups is 3. The molecule has 0 aromatic heterocycles. The number of ether oxygens (including phenoxy) is 3. The van der Waals surface area contributed by atoms with Gasteiger partial charge in [0.05, 0.1) is 0 Å². The summed E-state index contributed by atoms with van der Waals surface area (Å²) in [4.78, 5) is 38.5. The molecule has 0 rings (SSSR count). The van der Waals surface area contributed by atoms with Crippen molar-refractivity contribution in [1.82, 2.24) is 0 Å². The van der Waals surface area contributed by atoms with E-state index in [1.807, 2.05) is 0 Å². The fourth-order valence-electron chi connectivity index (χ4n) is 11.1. The smallest absolute Gasteiger partial charge is 0.306 e. The Morgan fingerprint density at radius 2 is 0.470 bits per heavy atom. The van der Waals surface area contributed by atoms with Crippen molar-refractivity contribution in [3.63, 3.8) is 0 Å². The zero-order valence-electron chi connectivity index (χ0n) is 55.7. The molecule has 0 spiro atoms. The van der Waals surface area contributed by atoms with Crippen LogP contribution >= 0.6 is 0 Å². The quantitative estimate of drug-likeness (QED) is 0.0261. The lowest BCUT2D eigenvalue weighted by molar-refractivity contribution is -0.167. The van der Waals surface area contributed by atoms with E-state index in [1.54, 1.807) is 0 Å². The van der Waals surface area contributed by atoms with Crippen LogP contribution in [-0.2, 0) is 28.6 Å². The van der Waals surface area contributed by atoms with Crippen molar-refractivity contribution in [1.29, 1.82) is 0 Å². The molecule has 6 nitrogen and oxygen atoms in total. The van der Waals surface area contributed by atoms with Crippen molar-refractivity contribution in [3.8, 4) is 0 Å². The third kappa shape index (κ3) is 69.8. The Morgan fingerprint density at radius 1 is 0.253 bits per heavy atom. The van der Waals surface area contributed by atoms with E-state index >= 15 is 0 Å². The van der Waals surface area contributed by atoms with E-state index in [9.17, 15) is 14.4 Å². The Morgan fingerprint density at radius 3 is 0.735 bits per heavy atom. The van der Waals surface area contributed by atoms with Gasteiger partial charge in [-0.15, -0.1) is 0 Å². The standard InChI is InChI=1S/C77H140O6/c1-4-7-10-13-16-19-22-25-28-31-34-35-36-37-38-39-40-41-44-46-49-52-55-58-61-64-67-70-76(79)82-73-74(83-77(80)71-68-65-62-59-56-53-50-47-43-33-30-27-24-21-18-15-12-9-6-3)72-81-75(78)69-66-63-60-57-54-51-48-45-42-32-29-26-23-20-17-14-11-8-5-2/h9,12,18,21,27,30,43,47,53,56,74H,4-8,10-11,13-17,19-20,22-26,28-29,31-42,44-46,48-52,54-55,57-73H2,1-3H3/b12-9-,21-18-,30-27-,47-43-,56-53-. The fourth-order valence-corrected chi connectivity index (χ4v) is 11.1.